The van der Waals surface area contributed by atoms with Gasteiger partial charge >= 0.3 is 0 Å². The minimum Gasteiger partial charge on any atom is -0.333 e. The lowest BCUT2D eigenvalue weighted by molar-refractivity contribution is 0.275. The Hall–Kier alpha value is -0.910. The normalized spacial score (nSPS) is 18.7. The van der Waals surface area contributed by atoms with Crippen LogP contribution in [0.15, 0.2) is 9.90 Å². The van der Waals surface area contributed by atoms with Crippen molar-refractivity contribution < 1.29 is 4.52 Å². The van der Waals surface area contributed by atoms with E-state index < -0.39 is 5.54 Å². The largest absolute Gasteiger partial charge is 0.333 e. The van der Waals surface area contributed by atoms with E-state index in [4.69, 9.17) is 21.9 Å². The molecule has 0 saturated heterocycles. The molecule has 19 heavy (non-hydrogen) atoms. The average Bonchev–Trinajstić information content (AvgIpc) is 3.00. The van der Waals surface area contributed by atoms with Crippen LogP contribution in [0, 0.1) is 6.92 Å². The highest BCUT2D eigenvalue weighted by molar-refractivity contribution is 7.14. The summed E-state index contributed by atoms with van der Waals surface area (Å²) in [6.45, 7) is 1.96. The predicted octanol–water partition coefficient (Wildman–Crippen LogP) is 3.88. The van der Waals surface area contributed by atoms with Crippen LogP contribution in [-0.2, 0) is 5.54 Å². The molecule has 2 heterocycles. The molecule has 2 aromatic heterocycles. The summed E-state index contributed by atoms with van der Waals surface area (Å²) in [6.07, 6.45) is 5.32. The molecule has 0 atom stereocenters. The Labute approximate surface area is 121 Å². The molecule has 0 aliphatic heterocycles. The molecule has 0 spiro atoms. The molecule has 3 rings (SSSR count). The number of aryl methyl sites for hydroxylation is 1. The van der Waals surface area contributed by atoms with Gasteiger partial charge in [-0.2, -0.15) is 4.98 Å². The third-order valence-electron chi connectivity index (χ3n) is 3.71. The first kappa shape index (κ1) is 13.1. The predicted molar refractivity (Wildman–Crippen MR) is 76.3 cm³/mol. The highest BCUT2D eigenvalue weighted by Gasteiger charge is 2.34. The molecule has 2 aromatic rings. The molecule has 6 heteroatoms. The summed E-state index contributed by atoms with van der Waals surface area (Å²) in [4.78, 5) is 5.30. The first-order valence-corrected chi connectivity index (χ1v) is 7.73. The van der Waals surface area contributed by atoms with Gasteiger partial charge in [0.1, 0.15) is 4.88 Å². The molecule has 2 N–H and O–H groups in total. The maximum Gasteiger partial charge on any atom is 0.269 e. The van der Waals surface area contributed by atoms with Crippen molar-refractivity contribution in [2.75, 3.05) is 0 Å². The molecule has 0 amide bonds. The van der Waals surface area contributed by atoms with Gasteiger partial charge in [-0.3, -0.25) is 0 Å². The standard InChI is InChI=1S/C13H16ClN3OS/c1-8-7-19-10(9(8)14)11-16-12(17-18-11)13(15)5-3-2-4-6-13/h7H,2-6,15H2,1H3. The second kappa shape index (κ2) is 4.89. The average molecular weight is 298 g/mol. The summed E-state index contributed by atoms with van der Waals surface area (Å²) in [6, 6.07) is 0. The fraction of sp³-hybridized carbons (Fsp3) is 0.538. The third kappa shape index (κ3) is 2.30. The van der Waals surface area contributed by atoms with E-state index in [1.807, 2.05) is 12.3 Å². The zero-order valence-corrected chi connectivity index (χ0v) is 12.4. The second-order valence-corrected chi connectivity index (χ2v) is 6.46. The molecule has 0 radical (unpaired) electrons. The Morgan fingerprint density at radius 2 is 2.11 bits per heavy atom. The minimum atomic E-state index is -0.432. The molecular formula is C13H16ClN3OS. The maximum atomic E-state index is 6.40. The Bertz CT molecular complexity index is 586. The molecule has 1 aliphatic rings. The van der Waals surface area contributed by atoms with Gasteiger partial charge in [-0.15, -0.1) is 11.3 Å². The molecule has 4 nitrogen and oxygen atoms in total. The van der Waals surface area contributed by atoms with Crippen molar-refractivity contribution in [2.24, 2.45) is 5.73 Å². The van der Waals surface area contributed by atoms with Crippen LogP contribution < -0.4 is 5.73 Å². The summed E-state index contributed by atoms with van der Waals surface area (Å²) >= 11 is 7.74. The number of nitrogens with zero attached hydrogens (tertiary/aromatic N) is 2. The lowest BCUT2D eigenvalue weighted by Gasteiger charge is -2.29. The molecule has 1 saturated carbocycles. The topological polar surface area (TPSA) is 64.9 Å². The van der Waals surface area contributed by atoms with Crippen molar-refractivity contribution in [3.63, 3.8) is 0 Å². The highest BCUT2D eigenvalue weighted by atomic mass is 35.5. The van der Waals surface area contributed by atoms with Crippen molar-refractivity contribution in [3.05, 3.63) is 21.8 Å². The molecule has 1 fully saturated rings. The van der Waals surface area contributed by atoms with E-state index in [9.17, 15) is 0 Å². The summed E-state index contributed by atoms with van der Waals surface area (Å²) < 4.78 is 5.35. The van der Waals surface area contributed by atoms with E-state index in [0.717, 1.165) is 36.1 Å². The zero-order valence-electron chi connectivity index (χ0n) is 10.8. The fourth-order valence-electron chi connectivity index (χ4n) is 2.50. The van der Waals surface area contributed by atoms with E-state index in [1.54, 1.807) is 0 Å². The quantitative estimate of drug-likeness (QED) is 0.913. The van der Waals surface area contributed by atoms with Crippen LogP contribution in [0.4, 0.5) is 0 Å². The highest BCUT2D eigenvalue weighted by Crippen LogP contribution is 2.38. The van der Waals surface area contributed by atoms with Gasteiger partial charge in [0, 0.05) is 0 Å². The van der Waals surface area contributed by atoms with E-state index in [1.165, 1.54) is 17.8 Å². The third-order valence-corrected chi connectivity index (χ3v) is 5.40. The van der Waals surface area contributed by atoms with E-state index >= 15 is 0 Å². The Morgan fingerprint density at radius 1 is 1.37 bits per heavy atom. The van der Waals surface area contributed by atoms with Crippen LogP contribution in [0.1, 0.15) is 43.5 Å². The van der Waals surface area contributed by atoms with Crippen LogP contribution in [0.25, 0.3) is 10.8 Å². The van der Waals surface area contributed by atoms with Gasteiger partial charge in [-0.05, 0) is 30.7 Å². The van der Waals surface area contributed by atoms with E-state index in [0.29, 0.717) is 16.7 Å². The van der Waals surface area contributed by atoms with Crippen molar-refractivity contribution >= 4 is 22.9 Å². The van der Waals surface area contributed by atoms with Crippen LogP contribution in [-0.4, -0.2) is 10.1 Å². The molecule has 0 unspecified atom stereocenters. The Morgan fingerprint density at radius 3 is 2.74 bits per heavy atom. The minimum absolute atomic E-state index is 0.432. The number of nitrogens with two attached hydrogens (primary N) is 1. The lowest BCUT2D eigenvalue weighted by atomic mass is 9.82. The molecule has 0 aromatic carbocycles. The molecule has 0 bridgehead atoms. The van der Waals surface area contributed by atoms with Gasteiger partial charge in [0.05, 0.1) is 10.6 Å². The summed E-state index contributed by atoms with van der Waals surface area (Å²) in [5.41, 5.74) is 7.00. The van der Waals surface area contributed by atoms with Crippen LogP contribution in [0.5, 0.6) is 0 Å². The van der Waals surface area contributed by atoms with Gasteiger partial charge in [0.2, 0.25) is 0 Å². The van der Waals surface area contributed by atoms with Gasteiger partial charge < -0.3 is 10.3 Å². The Balaban J connectivity index is 1.93. The van der Waals surface area contributed by atoms with Gasteiger partial charge in [0.15, 0.2) is 5.82 Å². The fourth-order valence-corrected chi connectivity index (χ4v) is 3.69. The molecular weight excluding hydrogens is 282 g/mol. The van der Waals surface area contributed by atoms with Crippen molar-refractivity contribution in [3.8, 4) is 10.8 Å². The van der Waals surface area contributed by atoms with Crippen LogP contribution in [0.3, 0.4) is 0 Å². The van der Waals surface area contributed by atoms with Gasteiger partial charge in [-0.25, -0.2) is 0 Å². The van der Waals surface area contributed by atoms with Gasteiger partial charge in [-0.1, -0.05) is 36.0 Å². The first-order valence-electron chi connectivity index (χ1n) is 6.47. The van der Waals surface area contributed by atoms with Gasteiger partial charge in [0.25, 0.3) is 5.89 Å². The molecule has 1 aliphatic carbocycles. The lowest BCUT2D eigenvalue weighted by Crippen LogP contribution is -2.39. The van der Waals surface area contributed by atoms with Crippen LogP contribution in [0.2, 0.25) is 5.02 Å². The smallest absolute Gasteiger partial charge is 0.269 e. The second-order valence-electron chi connectivity index (χ2n) is 5.20. The van der Waals surface area contributed by atoms with Crippen molar-refractivity contribution in [2.45, 2.75) is 44.6 Å². The summed E-state index contributed by atoms with van der Waals surface area (Å²) in [5.74, 6) is 1.10. The number of hydrogen-bond acceptors (Lipinski definition) is 5. The summed E-state index contributed by atoms with van der Waals surface area (Å²) in [5, 5.41) is 6.75. The van der Waals surface area contributed by atoms with E-state index in [2.05, 4.69) is 10.1 Å². The SMILES string of the molecule is Cc1csc(-c2nc(C3(N)CCCCC3)no2)c1Cl. The first-order chi connectivity index (χ1) is 9.10. The van der Waals surface area contributed by atoms with Crippen molar-refractivity contribution in [1.29, 1.82) is 0 Å². The van der Waals surface area contributed by atoms with Crippen LogP contribution >= 0.6 is 22.9 Å². The van der Waals surface area contributed by atoms with E-state index in [-0.39, 0.29) is 0 Å². The Kier molecular flexibility index (Phi) is 3.37. The number of halogens is 1. The maximum absolute atomic E-state index is 6.40. The monoisotopic (exact) mass is 297 g/mol. The molecule has 102 valence electrons. The number of thiophene rings is 1. The van der Waals surface area contributed by atoms with Crippen molar-refractivity contribution in [1.82, 2.24) is 10.1 Å². The number of aromatic nitrogens is 2. The number of rotatable bonds is 2. The number of hydrogen-bond donors (Lipinski definition) is 1. The summed E-state index contributed by atoms with van der Waals surface area (Å²) in [7, 11) is 0. The zero-order chi connectivity index (χ0) is 13.5.